The van der Waals surface area contributed by atoms with Gasteiger partial charge in [0.1, 0.15) is 42.5 Å². The molecule has 4 N–H and O–H groups in total. The molecule has 19 heteroatoms. The zero-order chi connectivity index (χ0) is 51.3. The summed E-state index contributed by atoms with van der Waals surface area (Å²) in [5, 5.41) is 59.3. The fourth-order valence-corrected chi connectivity index (χ4v) is 13.0. The molecule has 17 atom stereocenters. The number of aromatic nitrogens is 3. The number of carbonyl (C=O) groups excluding carboxylic acids is 2. The van der Waals surface area contributed by atoms with Crippen molar-refractivity contribution in [1.29, 1.82) is 0 Å². The molecule has 0 radical (unpaired) electrons. The number of ether oxygens (including phenoxy) is 7. The van der Waals surface area contributed by atoms with E-state index in [-0.39, 0.29) is 31.1 Å². The number of rotatable bonds is 15. The average Bonchev–Trinajstić information content (AvgIpc) is 3.81. The van der Waals surface area contributed by atoms with Gasteiger partial charge < -0.3 is 68.1 Å². The molecule has 3 aliphatic heterocycles. The van der Waals surface area contributed by atoms with Crippen LogP contribution in [0.5, 0.6) is 0 Å². The van der Waals surface area contributed by atoms with Crippen LogP contribution in [0.2, 0.25) is 0 Å². The van der Waals surface area contributed by atoms with E-state index in [1.807, 2.05) is 45.2 Å². The van der Waals surface area contributed by atoms with Crippen LogP contribution >= 0.6 is 0 Å². The summed E-state index contributed by atoms with van der Waals surface area (Å²) in [7, 11) is 6.47. The summed E-state index contributed by atoms with van der Waals surface area (Å²) in [6.07, 6.45) is 4.97. The Morgan fingerprint density at radius 1 is 0.887 bits per heavy atom. The Morgan fingerprint density at radius 2 is 1.54 bits per heavy atom. The lowest BCUT2D eigenvalue weighted by atomic mass is 9.53. The van der Waals surface area contributed by atoms with Crippen LogP contribution in [0.15, 0.2) is 35.2 Å². The van der Waals surface area contributed by atoms with E-state index in [4.69, 9.17) is 43.2 Å². The normalized spacial score (nSPS) is 44.3. The van der Waals surface area contributed by atoms with Gasteiger partial charge in [-0.1, -0.05) is 48.9 Å². The van der Waals surface area contributed by atoms with Crippen LogP contribution in [0.25, 0.3) is 0 Å². The van der Waals surface area contributed by atoms with Crippen LogP contribution in [-0.2, 0) is 59.7 Å². The number of nitrogens with zero attached hydrogens (tertiary/aromatic N) is 5. The molecule has 0 spiro atoms. The van der Waals surface area contributed by atoms with Crippen LogP contribution in [0.4, 0.5) is 0 Å². The topological polar surface area (TPSA) is 235 Å². The number of carbonyl (C=O) groups is 2. The second kappa shape index (κ2) is 24.4. The quantitative estimate of drug-likeness (QED) is 0.110. The Hall–Kier alpha value is -3.21. The van der Waals surface area contributed by atoms with E-state index in [0.717, 1.165) is 48.9 Å². The highest BCUT2D eigenvalue weighted by molar-refractivity contribution is 5.96. The predicted molar refractivity (Wildman–Crippen MR) is 259 cm³/mol. The average molecular weight is 1000 g/mol. The number of esters is 1. The lowest BCUT2D eigenvalue weighted by molar-refractivity contribution is -0.304. The second-order valence-corrected chi connectivity index (χ2v) is 22.0. The standard InChI is InChI=1S/C52H83N5O14/c1-11-41-37(26-66-51-49(65-10)48(64-9)45(62)32(6)69-51)16-28(2)12-13-39(54-67-27-38-25-57(55-53-38)52-22-33-18-34(23-52)20-35(19-33)24-52)29(3)17-36(14-15-58)47(30(4)40(59)21-42(60)70-41)71-50-46(63)43(56(7)8)44(61)31(5)68-50/h12-13,15-16,25,29-37,40-41,43-51,59,61-63H,11,14,17-24,26-27H2,1-10H3/b13-12+,28-16+,54-39-/t29-,30+,31-,32-,33?,34?,35?,36+,37-,40-,41-,43+,44-,45-,46-,47-,48-,49-,50+,51-,52?/m1/s1. The molecule has 19 nitrogen and oxygen atoms in total. The number of allylic oxidation sites excluding steroid dienone is 3. The molecule has 4 heterocycles. The smallest absolute Gasteiger partial charge is 0.308 e. The first-order valence-corrected chi connectivity index (χ1v) is 26.0. The summed E-state index contributed by atoms with van der Waals surface area (Å²) in [4.78, 5) is 34.3. The minimum atomic E-state index is -1.32. The van der Waals surface area contributed by atoms with Crippen LogP contribution < -0.4 is 0 Å². The van der Waals surface area contributed by atoms with E-state index >= 15 is 0 Å². The molecule has 4 bridgehead atoms. The molecule has 71 heavy (non-hydrogen) atoms. The molecule has 2 saturated heterocycles. The van der Waals surface area contributed by atoms with Crippen molar-refractivity contribution in [3.63, 3.8) is 0 Å². The summed E-state index contributed by atoms with van der Waals surface area (Å²) in [6.45, 7) is 11.1. The molecule has 0 unspecified atom stereocenters. The Morgan fingerprint density at radius 3 is 2.15 bits per heavy atom. The lowest BCUT2D eigenvalue weighted by Gasteiger charge is -2.56. The van der Waals surface area contributed by atoms with Crippen molar-refractivity contribution < 1.29 is 68.0 Å². The van der Waals surface area contributed by atoms with Crippen molar-refractivity contribution in [2.45, 2.75) is 198 Å². The molecule has 400 valence electrons. The van der Waals surface area contributed by atoms with Gasteiger partial charge in [-0.3, -0.25) is 4.79 Å². The van der Waals surface area contributed by atoms with Crippen molar-refractivity contribution in [3.8, 4) is 0 Å². The number of methoxy groups -OCH3 is 2. The van der Waals surface area contributed by atoms with Crippen molar-refractivity contribution in [3.05, 3.63) is 35.7 Å². The molecule has 1 aromatic rings. The Labute approximate surface area is 419 Å². The SMILES string of the molecule is CC[C@H]1OC(=O)C[C@@H](O)[C@H](C)[C@@H](O[C@@H]2O[C@H](C)[C@@H](O)[C@H](N(C)C)[C@H]2O)[C@@H](CC=O)C[C@@H](C)C(=N\OCc2cn(C34CC5CC(CC(C5)C3)C4)nn2)/C=C/C(C)=C/[C@@H]1CO[C@@H]1O[C@H](C)[C@@H](O)[C@@H](OC)[C@H]1OC. The van der Waals surface area contributed by atoms with Crippen molar-refractivity contribution >= 4 is 18.0 Å². The number of aliphatic hydroxyl groups excluding tert-OH is 4. The van der Waals surface area contributed by atoms with Gasteiger partial charge in [0.25, 0.3) is 0 Å². The monoisotopic (exact) mass is 1000 g/mol. The fraction of sp³-hybridized carbons (Fsp3) is 0.827. The number of hydrogen-bond acceptors (Lipinski definition) is 18. The van der Waals surface area contributed by atoms with Crippen molar-refractivity contribution in [1.82, 2.24) is 19.9 Å². The summed E-state index contributed by atoms with van der Waals surface area (Å²) >= 11 is 0. The third-order valence-corrected chi connectivity index (χ3v) is 16.5. The van der Waals surface area contributed by atoms with Gasteiger partial charge in [0.2, 0.25) is 0 Å². The first kappa shape index (κ1) is 55.5. The predicted octanol–water partition coefficient (Wildman–Crippen LogP) is 4.08. The van der Waals surface area contributed by atoms with Gasteiger partial charge in [-0.15, -0.1) is 5.10 Å². The highest BCUT2D eigenvalue weighted by Crippen LogP contribution is 2.58. The zero-order valence-electron chi connectivity index (χ0n) is 43.5. The van der Waals surface area contributed by atoms with Crippen molar-refractivity contribution in [2.24, 2.45) is 46.6 Å². The molecule has 4 saturated carbocycles. The first-order valence-electron chi connectivity index (χ1n) is 26.0. The minimum Gasteiger partial charge on any atom is -0.462 e. The molecule has 7 aliphatic rings. The number of oxime groups is 1. The molecule has 1 aromatic heterocycles. The van der Waals surface area contributed by atoms with Crippen LogP contribution in [0.3, 0.4) is 0 Å². The second-order valence-electron chi connectivity index (χ2n) is 22.0. The van der Waals surface area contributed by atoms with E-state index in [9.17, 15) is 30.0 Å². The maximum absolute atomic E-state index is 13.9. The van der Waals surface area contributed by atoms with Gasteiger partial charge in [0.05, 0.1) is 67.0 Å². The molecular weight excluding hydrogens is 919 g/mol. The highest BCUT2D eigenvalue weighted by Gasteiger charge is 2.53. The summed E-state index contributed by atoms with van der Waals surface area (Å²) in [5.74, 6) is -0.671. The summed E-state index contributed by atoms with van der Waals surface area (Å²) in [6, 6.07) is -0.746. The summed E-state index contributed by atoms with van der Waals surface area (Å²) < 4.78 is 44.8. The lowest BCUT2D eigenvalue weighted by Crippen LogP contribution is -2.63. The summed E-state index contributed by atoms with van der Waals surface area (Å²) in [5.41, 5.74) is 2.03. The van der Waals surface area contributed by atoms with Gasteiger partial charge in [0.15, 0.2) is 19.2 Å². The Bertz CT molecular complexity index is 1960. The van der Waals surface area contributed by atoms with Gasteiger partial charge in [-0.2, -0.15) is 0 Å². The van der Waals surface area contributed by atoms with Crippen LogP contribution in [0.1, 0.15) is 111 Å². The third kappa shape index (κ3) is 12.8. The zero-order valence-corrected chi connectivity index (χ0v) is 43.5. The maximum Gasteiger partial charge on any atom is 0.308 e. The van der Waals surface area contributed by atoms with Crippen LogP contribution in [0, 0.1) is 41.4 Å². The van der Waals surface area contributed by atoms with E-state index in [0.29, 0.717) is 24.2 Å². The minimum absolute atomic E-state index is 0.00984. The van der Waals surface area contributed by atoms with E-state index in [2.05, 4.69) is 15.0 Å². The van der Waals surface area contributed by atoms with Gasteiger partial charge in [0, 0.05) is 38.4 Å². The van der Waals surface area contributed by atoms with E-state index in [1.165, 1.54) is 33.5 Å². The molecule has 4 aliphatic carbocycles. The third-order valence-electron chi connectivity index (χ3n) is 16.5. The highest BCUT2D eigenvalue weighted by atomic mass is 16.7. The molecular formula is C52H83N5O14. The van der Waals surface area contributed by atoms with Gasteiger partial charge >= 0.3 is 5.97 Å². The number of cyclic esters (lactones) is 1. The number of aldehydes is 1. The Kier molecular flexibility index (Phi) is 19.1. The van der Waals surface area contributed by atoms with Gasteiger partial charge in [-0.25, -0.2) is 4.68 Å². The van der Waals surface area contributed by atoms with Crippen molar-refractivity contribution in [2.75, 3.05) is 34.9 Å². The van der Waals surface area contributed by atoms with Gasteiger partial charge in [-0.05, 0) is 116 Å². The number of likely N-dealkylation sites (N-methyl/N-ethyl adjacent to an activating group) is 1. The number of hydrogen-bond donors (Lipinski definition) is 4. The largest absolute Gasteiger partial charge is 0.462 e. The maximum atomic E-state index is 13.9. The first-order chi connectivity index (χ1) is 33.9. The number of aliphatic hydroxyl groups is 4. The van der Waals surface area contributed by atoms with Crippen LogP contribution in [-0.4, -0.2) is 173 Å². The van der Waals surface area contributed by atoms with E-state index < -0.39 is 110 Å². The molecule has 8 rings (SSSR count). The van der Waals surface area contributed by atoms with E-state index in [1.54, 1.807) is 39.8 Å². The fourth-order valence-electron chi connectivity index (χ4n) is 13.0. The molecule has 0 aromatic carbocycles. The molecule has 0 amide bonds. The molecule has 6 fully saturated rings. The Balaban J connectivity index is 1.20.